The summed E-state index contributed by atoms with van der Waals surface area (Å²) in [6.45, 7) is 7.72. The van der Waals surface area contributed by atoms with Crippen LogP contribution in [0.3, 0.4) is 0 Å². The number of nitrogen functional groups attached to an aromatic ring is 1. The molecular weight excluding hydrogens is 679 g/mol. The molecule has 0 saturated carbocycles. The Kier molecular flexibility index (Phi) is 11.3. The van der Waals surface area contributed by atoms with E-state index in [2.05, 4.69) is 19.9 Å². The molecule has 2 fully saturated rings. The van der Waals surface area contributed by atoms with Gasteiger partial charge in [-0.2, -0.15) is 9.97 Å². The van der Waals surface area contributed by atoms with Gasteiger partial charge in [0.05, 0.1) is 25.0 Å². The lowest BCUT2D eigenvalue weighted by Gasteiger charge is -2.37. The van der Waals surface area contributed by atoms with Crippen molar-refractivity contribution in [2.75, 3.05) is 74.9 Å². The number of aromatic nitrogens is 2. The van der Waals surface area contributed by atoms with Gasteiger partial charge in [0.25, 0.3) is 0 Å². The molecule has 0 spiro atoms. The normalized spacial score (nSPS) is 18.7. The number of thioether (sulfide) groups is 1. The standard InChI is InChI=1S/C32H40F3N9O5S/c1-32(2,3)49-31(46)44-16-21(35)25(17-44)48-24-15-22(19(33)14-20(24)34)43-11-9-42(10-12-43)8-7-41(4)29-26(50-18-45)28(39-30(37)40-29)38-27(36)23-6-5-13-47-23/h5-6,13-15,18,21,25H,7-12,16-17H2,1-4H3,(H4,36,37,38,39,40)/t21-,25?/m1/s1. The van der Waals surface area contributed by atoms with Crippen molar-refractivity contribution in [3.8, 4) is 5.75 Å². The van der Waals surface area contributed by atoms with Gasteiger partial charge < -0.3 is 40.1 Å². The first-order chi connectivity index (χ1) is 23.7. The zero-order valence-electron chi connectivity index (χ0n) is 28.1. The highest BCUT2D eigenvalue weighted by atomic mass is 32.2. The average molecular weight is 720 g/mol. The van der Waals surface area contributed by atoms with E-state index >= 15 is 4.39 Å². The number of benzene rings is 1. The fourth-order valence-corrected chi connectivity index (χ4v) is 6.07. The van der Waals surface area contributed by atoms with Crippen LogP contribution < -0.4 is 26.0 Å². The van der Waals surface area contributed by atoms with Crippen molar-refractivity contribution in [1.82, 2.24) is 19.8 Å². The van der Waals surface area contributed by atoms with Crippen molar-refractivity contribution in [2.45, 2.75) is 43.5 Å². The van der Waals surface area contributed by atoms with Crippen LogP contribution in [0, 0.1) is 11.6 Å². The number of rotatable bonds is 11. The van der Waals surface area contributed by atoms with Crippen molar-refractivity contribution >= 4 is 52.6 Å². The Balaban J connectivity index is 1.20. The minimum Gasteiger partial charge on any atom is -0.482 e. The highest BCUT2D eigenvalue weighted by Gasteiger charge is 2.39. The van der Waals surface area contributed by atoms with Crippen LogP contribution in [0.5, 0.6) is 5.75 Å². The Morgan fingerprint density at radius 3 is 2.58 bits per heavy atom. The molecule has 1 unspecified atom stereocenters. The summed E-state index contributed by atoms with van der Waals surface area (Å²) in [5.41, 5.74) is 12.1. The molecule has 1 amide bonds. The summed E-state index contributed by atoms with van der Waals surface area (Å²) < 4.78 is 60.9. The number of carbonyl (C=O) groups is 2. The number of nitrogens with two attached hydrogens (primary N) is 2. The Morgan fingerprint density at radius 1 is 1.18 bits per heavy atom. The molecule has 0 bridgehead atoms. The second kappa shape index (κ2) is 15.5. The topological polar surface area (TPSA) is 169 Å². The number of aliphatic imine (C=N–C) groups is 1. The third kappa shape index (κ3) is 8.90. The van der Waals surface area contributed by atoms with Crippen LogP contribution in [0.15, 0.2) is 44.8 Å². The molecular formula is C32H40F3N9O5S. The van der Waals surface area contributed by atoms with E-state index in [0.717, 1.165) is 17.8 Å². The van der Waals surface area contributed by atoms with Crippen molar-refractivity contribution in [1.29, 1.82) is 0 Å². The van der Waals surface area contributed by atoms with E-state index in [1.807, 2.05) is 4.90 Å². The molecule has 18 heteroatoms. The van der Waals surface area contributed by atoms with E-state index in [9.17, 15) is 18.4 Å². The fourth-order valence-electron chi connectivity index (χ4n) is 5.47. The lowest BCUT2D eigenvalue weighted by Crippen LogP contribution is -2.48. The summed E-state index contributed by atoms with van der Waals surface area (Å²) >= 11 is 0.848. The van der Waals surface area contributed by atoms with E-state index in [-0.39, 0.29) is 42.1 Å². The molecule has 270 valence electrons. The third-order valence-electron chi connectivity index (χ3n) is 7.97. The van der Waals surface area contributed by atoms with Crippen LogP contribution in [0.1, 0.15) is 26.5 Å². The monoisotopic (exact) mass is 719 g/mol. The van der Waals surface area contributed by atoms with Crippen molar-refractivity contribution in [3.63, 3.8) is 0 Å². The lowest BCUT2D eigenvalue weighted by atomic mass is 10.2. The van der Waals surface area contributed by atoms with E-state index < -0.39 is 35.6 Å². The number of likely N-dealkylation sites (tertiary alicyclic amines) is 1. The first kappa shape index (κ1) is 36.6. The van der Waals surface area contributed by atoms with Gasteiger partial charge in [-0.25, -0.2) is 23.0 Å². The second-order valence-electron chi connectivity index (χ2n) is 12.8. The maximum atomic E-state index is 15.0. The quantitative estimate of drug-likeness (QED) is 0.127. The maximum absolute atomic E-state index is 15.0. The van der Waals surface area contributed by atoms with Crippen molar-refractivity contribution in [2.24, 2.45) is 10.7 Å². The molecule has 2 saturated heterocycles. The fraction of sp³-hybridized carbons (Fsp3) is 0.469. The maximum Gasteiger partial charge on any atom is 0.410 e. The molecule has 5 rings (SSSR count). The number of piperazine rings is 1. The number of furan rings is 1. The van der Waals surface area contributed by atoms with Crippen LogP contribution in [0.25, 0.3) is 0 Å². The van der Waals surface area contributed by atoms with Gasteiger partial charge in [0.15, 0.2) is 40.8 Å². The average Bonchev–Trinajstić information content (AvgIpc) is 3.72. The van der Waals surface area contributed by atoms with Gasteiger partial charge in [-0.1, -0.05) is 0 Å². The minimum atomic E-state index is -1.58. The SMILES string of the molecule is CN(CCN1CCN(c2cc(OC3CN(C(=O)OC(C)(C)C)C[C@H]3F)c(F)cc2F)CC1)c1nc(N)nc(/N=C(\N)c2ccco2)c1SC=O. The van der Waals surface area contributed by atoms with E-state index in [0.29, 0.717) is 61.4 Å². The number of likely N-dealkylation sites (N-methyl/N-ethyl adjacent to an activating group) is 1. The van der Waals surface area contributed by atoms with Gasteiger partial charge in [-0.05, 0) is 44.7 Å². The summed E-state index contributed by atoms with van der Waals surface area (Å²) in [5.74, 6) is -1.19. The van der Waals surface area contributed by atoms with Crippen LogP contribution >= 0.6 is 11.8 Å². The Bertz CT molecular complexity index is 1700. The molecule has 2 aliphatic heterocycles. The molecule has 0 radical (unpaired) electrons. The third-order valence-corrected chi connectivity index (χ3v) is 8.67. The first-order valence-electron chi connectivity index (χ1n) is 15.8. The van der Waals surface area contributed by atoms with Crippen LogP contribution in [-0.4, -0.2) is 115 Å². The van der Waals surface area contributed by atoms with E-state index in [1.165, 1.54) is 17.2 Å². The van der Waals surface area contributed by atoms with Gasteiger partial charge in [0.1, 0.15) is 28.2 Å². The summed E-state index contributed by atoms with van der Waals surface area (Å²) in [6.07, 6.45) is -1.96. The summed E-state index contributed by atoms with van der Waals surface area (Å²) in [6, 6.07) is 5.26. The minimum absolute atomic E-state index is 0.0540. The van der Waals surface area contributed by atoms with Gasteiger partial charge in [-0.15, -0.1) is 0 Å². The van der Waals surface area contributed by atoms with Crippen LogP contribution in [0.2, 0.25) is 0 Å². The smallest absolute Gasteiger partial charge is 0.410 e. The number of ether oxygens (including phenoxy) is 2. The highest BCUT2D eigenvalue weighted by molar-refractivity contribution is 8.12. The molecule has 2 atom stereocenters. The number of anilines is 3. The second-order valence-corrected chi connectivity index (χ2v) is 13.6. The Hall–Kier alpha value is -4.71. The molecule has 2 aromatic heterocycles. The largest absolute Gasteiger partial charge is 0.482 e. The molecule has 0 aliphatic carbocycles. The van der Waals surface area contributed by atoms with Crippen LogP contribution in [-0.2, 0) is 9.53 Å². The lowest BCUT2D eigenvalue weighted by molar-refractivity contribution is 0.0273. The molecule has 3 aromatic rings. The number of alkyl halides is 1. The summed E-state index contributed by atoms with van der Waals surface area (Å²) in [5, 5.41) is 0. The molecule has 4 N–H and O–H groups in total. The molecule has 14 nitrogen and oxygen atoms in total. The Labute approximate surface area is 291 Å². The number of carbonyl (C=O) groups excluding carboxylic acids is 2. The highest BCUT2D eigenvalue weighted by Crippen LogP contribution is 2.36. The molecule has 2 aliphatic rings. The number of hydrogen-bond donors (Lipinski definition) is 2. The summed E-state index contributed by atoms with van der Waals surface area (Å²) in [4.78, 5) is 44.1. The van der Waals surface area contributed by atoms with Crippen molar-refractivity contribution in [3.05, 3.63) is 47.9 Å². The molecule has 50 heavy (non-hydrogen) atoms. The van der Waals surface area contributed by atoms with Gasteiger partial charge in [-0.3, -0.25) is 9.69 Å². The van der Waals surface area contributed by atoms with Gasteiger partial charge in [0, 0.05) is 58.4 Å². The first-order valence-corrected chi connectivity index (χ1v) is 16.7. The molecule has 1 aromatic carbocycles. The predicted molar refractivity (Wildman–Crippen MR) is 184 cm³/mol. The van der Waals surface area contributed by atoms with E-state index in [1.54, 1.807) is 44.9 Å². The van der Waals surface area contributed by atoms with Gasteiger partial charge in [0.2, 0.25) is 5.95 Å². The predicted octanol–water partition coefficient (Wildman–Crippen LogP) is 3.84. The zero-order valence-corrected chi connectivity index (χ0v) is 29.0. The number of amidine groups is 1. The van der Waals surface area contributed by atoms with Crippen LogP contribution in [0.4, 0.5) is 41.2 Å². The van der Waals surface area contributed by atoms with Gasteiger partial charge >= 0.3 is 6.09 Å². The number of nitrogens with zero attached hydrogens (tertiary/aromatic N) is 7. The van der Waals surface area contributed by atoms with E-state index in [4.69, 9.17) is 25.4 Å². The number of amides is 1. The number of halogens is 3. The molecule has 4 heterocycles. The number of hydrogen-bond acceptors (Lipinski definition) is 13. The van der Waals surface area contributed by atoms with Crippen molar-refractivity contribution < 1.29 is 36.7 Å². The zero-order chi connectivity index (χ0) is 36.2. The Morgan fingerprint density at radius 2 is 1.92 bits per heavy atom. The summed E-state index contributed by atoms with van der Waals surface area (Å²) in [7, 11) is 1.80.